The lowest BCUT2D eigenvalue weighted by atomic mass is 9.80. The van der Waals surface area contributed by atoms with E-state index in [9.17, 15) is 13.5 Å². The molecule has 5 nitrogen and oxygen atoms in total. The fraction of sp³-hybridized carbons (Fsp3) is 1.00. The van der Waals surface area contributed by atoms with Crippen LogP contribution in [0.1, 0.15) is 39.5 Å². The van der Waals surface area contributed by atoms with Crippen molar-refractivity contribution in [1.29, 1.82) is 0 Å². The maximum absolute atomic E-state index is 11.8. The lowest BCUT2D eigenvalue weighted by Gasteiger charge is -2.30. The lowest BCUT2D eigenvalue weighted by molar-refractivity contribution is 0.0910. The van der Waals surface area contributed by atoms with Crippen LogP contribution in [0.25, 0.3) is 0 Å². The van der Waals surface area contributed by atoms with Gasteiger partial charge in [-0.25, -0.2) is 13.1 Å². The van der Waals surface area contributed by atoms with E-state index in [0.29, 0.717) is 6.54 Å². The highest BCUT2D eigenvalue weighted by atomic mass is 32.2. The average molecular weight is 293 g/mol. The molecule has 0 aromatic rings. The van der Waals surface area contributed by atoms with E-state index >= 15 is 0 Å². The molecule has 0 aromatic carbocycles. The fourth-order valence-electron chi connectivity index (χ4n) is 2.49. The van der Waals surface area contributed by atoms with Crippen molar-refractivity contribution < 1.29 is 18.3 Å². The number of sulfonamides is 1. The number of rotatable bonds is 8. The molecule has 6 heteroatoms. The zero-order valence-corrected chi connectivity index (χ0v) is 12.8. The van der Waals surface area contributed by atoms with Gasteiger partial charge < -0.3 is 9.84 Å². The van der Waals surface area contributed by atoms with Crippen LogP contribution in [0.15, 0.2) is 0 Å². The zero-order chi connectivity index (χ0) is 14.3. The van der Waals surface area contributed by atoms with Gasteiger partial charge in [0, 0.05) is 13.2 Å². The van der Waals surface area contributed by atoms with Gasteiger partial charge in [0.25, 0.3) is 0 Å². The monoisotopic (exact) mass is 293 g/mol. The quantitative estimate of drug-likeness (QED) is 0.703. The summed E-state index contributed by atoms with van der Waals surface area (Å²) < 4.78 is 31.5. The van der Waals surface area contributed by atoms with Crippen LogP contribution in [-0.2, 0) is 14.8 Å². The van der Waals surface area contributed by atoms with Gasteiger partial charge in [-0.05, 0) is 38.5 Å². The van der Waals surface area contributed by atoms with Crippen molar-refractivity contribution in [3.05, 3.63) is 0 Å². The van der Waals surface area contributed by atoms with Crippen LogP contribution < -0.4 is 4.72 Å². The molecule has 0 amide bonds. The fourth-order valence-corrected chi connectivity index (χ4v) is 3.42. The van der Waals surface area contributed by atoms with Crippen LogP contribution in [0.2, 0.25) is 0 Å². The van der Waals surface area contributed by atoms with Crippen molar-refractivity contribution in [2.24, 2.45) is 11.8 Å². The molecular weight excluding hydrogens is 266 g/mol. The number of aliphatic hydroxyl groups is 1. The predicted octanol–water partition coefficient (Wildman–Crippen LogP) is 1.13. The van der Waals surface area contributed by atoms with E-state index in [1.165, 1.54) is 0 Å². The van der Waals surface area contributed by atoms with Gasteiger partial charge in [0.05, 0.1) is 18.5 Å². The normalized spacial score (nSPS) is 24.8. The van der Waals surface area contributed by atoms with E-state index in [-0.39, 0.29) is 36.9 Å². The van der Waals surface area contributed by atoms with Crippen LogP contribution >= 0.6 is 0 Å². The molecule has 1 saturated carbocycles. The Labute approximate surface area is 116 Å². The highest BCUT2D eigenvalue weighted by Crippen LogP contribution is 2.29. The Morgan fingerprint density at radius 3 is 2.47 bits per heavy atom. The zero-order valence-electron chi connectivity index (χ0n) is 12.0. The Kier molecular flexibility index (Phi) is 7.28. The molecule has 1 aliphatic carbocycles. The third-order valence-corrected chi connectivity index (χ3v) is 4.98. The summed E-state index contributed by atoms with van der Waals surface area (Å²) >= 11 is 0. The number of aliphatic hydroxyl groups excluding tert-OH is 1. The molecule has 2 atom stereocenters. The minimum Gasteiger partial charge on any atom is -0.396 e. The van der Waals surface area contributed by atoms with Gasteiger partial charge in [0.2, 0.25) is 10.0 Å². The van der Waals surface area contributed by atoms with E-state index in [1.807, 2.05) is 13.8 Å². The van der Waals surface area contributed by atoms with E-state index in [4.69, 9.17) is 4.74 Å². The van der Waals surface area contributed by atoms with Gasteiger partial charge in [-0.3, -0.25) is 0 Å². The second-order valence-corrected chi connectivity index (χ2v) is 7.50. The summed E-state index contributed by atoms with van der Waals surface area (Å²) in [5.41, 5.74) is 0. The molecule has 0 radical (unpaired) electrons. The Morgan fingerprint density at radius 1 is 1.26 bits per heavy atom. The maximum atomic E-state index is 11.8. The van der Waals surface area contributed by atoms with Crippen molar-refractivity contribution in [2.75, 3.05) is 25.5 Å². The van der Waals surface area contributed by atoms with E-state index < -0.39 is 10.0 Å². The van der Waals surface area contributed by atoms with Gasteiger partial charge >= 0.3 is 0 Å². The predicted molar refractivity (Wildman–Crippen MR) is 75.4 cm³/mol. The van der Waals surface area contributed by atoms with E-state index in [0.717, 1.165) is 25.7 Å². The topological polar surface area (TPSA) is 75.6 Å². The van der Waals surface area contributed by atoms with Crippen LogP contribution in [0.3, 0.4) is 0 Å². The molecule has 0 heterocycles. The van der Waals surface area contributed by atoms with Gasteiger partial charge in [-0.1, -0.05) is 12.8 Å². The minimum absolute atomic E-state index is 0.00168. The maximum Gasteiger partial charge on any atom is 0.213 e. The smallest absolute Gasteiger partial charge is 0.213 e. The molecule has 19 heavy (non-hydrogen) atoms. The largest absolute Gasteiger partial charge is 0.396 e. The first-order valence-electron chi connectivity index (χ1n) is 7.14. The Balaban J connectivity index is 2.32. The highest BCUT2D eigenvalue weighted by molar-refractivity contribution is 7.89. The third-order valence-electron chi connectivity index (χ3n) is 3.67. The molecule has 2 unspecified atom stereocenters. The van der Waals surface area contributed by atoms with Crippen molar-refractivity contribution in [2.45, 2.75) is 45.6 Å². The van der Waals surface area contributed by atoms with Gasteiger partial charge in [-0.2, -0.15) is 0 Å². The van der Waals surface area contributed by atoms with Crippen molar-refractivity contribution in [3.63, 3.8) is 0 Å². The summed E-state index contributed by atoms with van der Waals surface area (Å²) in [6.07, 6.45) is 4.30. The SMILES string of the molecule is CC(C)OCCS(=O)(=O)NCC1CCCCC1CO. The summed E-state index contributed by atoms with van der Waals surface area (Å²) in [6.45, 7) is 4.58. The van der Waals surface area contributed by atoms with Crippen molar-refractivity contribution in [1.82, 2.24) is 4.72 Å². The van der Waals surface area contributed by atoms with Crippen LogP contribution in [0.5, 0.6) is 0 Å². The number of hydrogen-bond acceptors (Lipinski definition) is 4. The third kappa shape index (κ3) is 6.70. The van der Waals surface area contributed by atoms with Crippen molar-refractivity contribution in [3.8, 4) is 0 Å². The Morgan fingerprint density at radius 2 is 1.89 bits per heavy atom. The average Bonchev–Trinajstić information content (AvgIpc) is 2.36. The second kappa shape index (κ2) is 8.19. The Bertz CT molecular complexity index is 343. The summed E-state index contributed by atoms with van der Waals surface area (Å²) in [7, 11) is -3.26. The summed E-state index contributed by atoms with van der Waals surface area (Å²) in [6, 6.07) is 0. The first-order chi connectivity index (χ1) is 8.94. The molecular formula is C13H27NO4S. The molecule has 0 spiro atoms. The minimum atomic E-state index is -3.26. The Hall–Kier alpha value is -0.170. The standard InChI is InChI=1S/C13H27NO4S/c1-11(2)18-7-8-19(16,17)14-9-12-5-3-4-6-13(12)10-15/h11-15H,3-10H2,1-2H3. The van der Waals surface area contributed by atoms with Crippen LogP contribution in [-0.4, -0.2) is 45.1 Å². The number of ether oxygens (including phenoxy) is 1. The molecule has 0 aromatic heterocycles. The lowest BCUT2D eigenvalue weighted by Crippen LogP contribution is -2.37. The number of nitrogens with one attached hydrogen (secondary N) is 1. The summed E-state index contributed by atoms with van der Waals surface area (Å²) in [5.74, 6) is 0.504. The molecule has 1 aliphatic rings. The molecule has 2 N–H and O–H groups in total. The molecule has 0 saturated heterocycles. The molecule has 114 valence electrons. The van der Waals surface area contributed by atoms with Crippen LogP contribution in [0.4, 0.5) is 0 Å². The molecule has 1 rings (SSSR count). The van der Waals surface area contributed by atoms with Crippen LogP contribution in [0, 0.1) is 11.8 Å². The van der Waals surface area contributed by atoms with Crippen molar-refractivity contribution >= 4 is 10.0 Å². The van der Waals surface area contributed by atoms with Gasteiger partial charge in [0.1, 0.15) is 0 Å². The summed E-state index contributed by atoms with van der Waals surface area (Å²) in [4.78, 5) is 0. The molecule has 0 bridgehead atoms. The second-order valence-electron chi connectivity index (χ2n) is 5.57. The van der Waals surface area contributed by atoms with E-state index in [2.05, 4.69) is 4.72 Å². The number of hydrogen-bond donors (Lipinski definition) is 2. The van der Waals surface area contributed by atoms with Gasteiger partial charge in [0.15, 0.2) is 0 Å². The first-order valence-corrected chi connectivity index (χ1v) is 8.79. The molecule has 1 fully saturated rings. The first kappa shape index (κ1) is 16.9. The molecule has 0 aliphatic heterocycles. The van der Waals surface area contributed by atoms with E-state index in [1.54, 1.807) is 0 Å². The highest BCUT2D eigenvalue weighted by Gasteiger charge is 2.25. The summed E-state index contributed by atoms with van der Waals surface area (Å²) in [5, 5.41) is 9.30. The van der Waals surface area contributed by atoms with Gasteiger partial charge in [-0.15, -0.1) is 0 Å².